The third kappa shape index (κ3) is 5.49. The molecule has 1 amide bonds. The number of hydrogen-bond donors (Lipinski definition) is 1. The fourth-order valence-corrected chi connectivity index (χ4v) is 2.78. The summed E-state index contributed by atoms with van der Waals surface area (Å²) in [5, 5.41) is 3.58. The lowest BCUT2D eigenvalue weighted by atomic mass is 9.93. The first kappa shape index (κ1) is 16.4. The zero-order valence-electron chi connectivity index (χ0n) is 12.9. The summed E-state index contributed by atoms with van der Waals surface area (Å²) >= 11 is 0. The quantitative estimate of drug-likeness (QED) is 0.768. The van der Waals surface area contributed by atoms with Gasteiger partial charge in [-0.2, -0.15) is 0 Å². The van der Waals surface area contributed by atoms with E-state index in [1.807, 2.05) is 4.90 Å². The minimum absolute atomic E-state index is 0.283. The molecule has 1 N–H and O–H groups in total. The van der Waals surface area contributed by atoms with Crippen molar-refractivity contribution in [2.45, 2.75) is 46.1 Å². The van der Waals surface area contributed by atoms with E-state index in [4.69, 9.17) is 4.74 Å². The van der Waals surface area contributed by atoms with Crippen molar-refractivity contribution in [3.05, 3.63) is 0 Å². The lowest BCUT2D eigenvalue weighted by molar-refractivity contribution is -0.134. The molecule has 112 valence electrons. The van der Waals surface area contributed by atoms with Crippen LogP contribution in [0.2, 0.25) is 0 Å². The Bertz CT molecular complexity index is 271. The van der Waals surface area contributed by atoms with Gasteiger partial charge in [0, 0.05) is 39.3 Å². The fourth-order valence-electron chi connectivity index (χ4n) is 2.78. The Labute approximate surface area is 117 Å². The fraction of sp³-hybridized carbons (Fsp3) is 0.933. The monoisotopic (exact) mass is 270 g/mol. The van der Waals surface area contributed by atoms with Crippen LogP contribution in [0.4, 0.5) is 0 Å². The van der Waals surface area contributed by atoms with Gasteiger partial charge in [-0.3, -0.25) is 4.79 Å². The number of nitrogens with one attached hydrogen (secondary N) is 1. The topological polar surface area (TPSA) is 41.6 Å². The number of hydrogen-bond acceptors (Lipinski definition) is 3. The van der Waals surface area contributed by atoms with Gasteiger partial charge >= 0.3 is 0 Å². The van der Waals surface area contributed by atoms with Crippen LogP contribution in [0.3, 0.4) is 0 Å². The van der Waals surface area contributed by atoms with Crippen molar-refractivity contribution in [1.82, 2.24) is 10.2 Å². The van der Waals surface area contributed by atoms with E-state index in [2.05, 4.69) is 26.1 Å². The predicted molar refractivity (Wildman–Crippen MR) is 78.1 cm³/mol. The van der Waals surface area contributed by atoms with E-state index in [1.165, 1.54) is 6.42 Å². The Morgan fingerprint density at radius 2 is 2.26 bits per heavy atom. The molecule has 3 atom stereocenters. The highest BCUT2D eigenvalue weighted by atomic mass is 16.5. The summed E-state index contributed by atoms with van der Waals surface area (Å²) in [6.45, 7) is 10.0. The van der Waals surface area contributed by atoms with E-state index >= 15 is 0 Å². The van der Waals surface area contributed by atoms with Crippen molar-refractivity contribution in [1.29, 1.82) is 0 Å². The molecular formula is C15H30N2O2. The summed E-state index contributed by atoms with van der Waals surface area (Å²) in [7, 11) is 1.69. The Kier molecular flexibility index (Phi) is 7.39. The van der Waals surface area contributed by atoms with Gasteiger partial charge in [-0.25, -0.2) is 0 Å². The van der Waals surface area contributed by atoms with Crippen LogP contribution in [0.5, 0.6) is 0 Å². The lowest BCUT2D eigenvalue weighted by Crippen LogP contribution is -2.50. The molecule has 0 spiro atoms. The number of carbonyl (C=O) groups is 1. The average Bonchev–Trinajstić information content (AvgIpc) is 2.37. The van der Waals surface area contributed by atoms with Crippen LogP contribution in [0, 0.1) is 11.8 Å². The van der Waals surface area contributed by atoms with Gasteiger partial charge < -0.3 is 15.0 Å². The number of nitrogens with zero attached hydrogens (tertiary/aromatic N) is 1. The molecule has 1 saturated heterocycles. The average molecular weight is 270 g/mol. The highest BCUT2D eigenvalue weighted by Crippen LogP contribution is 2.18. The van der Waals surface area contributed by atoms with Gasteiger partial charge in [0.05, 0.1) is 0 Å². The SMILES string of the molecule is CCCNC1CCN(C(=O)CC(C)COC)CC1C. The Morgan fingerprint density at radius 1 is 1.53 bits per heavy atom. The first-order chi connectivity index (χ1) is 9.08. The summed E-state index contributed by atoms with van der Waals surface area (Å²) in [6.07, 6.45) is 2.85. The van der Waals surface area contributed by atoms with Crippen LogP contribution in [-0.2, 0) is 9.53 Å². The molecule has 0 saturated carbocycles. The summed E-state index contributed by atoms with van der Waals surface area (Å²) < 4.78 is 5.09. The second-order valence-electron chi connectivity index (χ2n) is 5.93. The smallest absolute Gasteiger partial charge is 0.222 e. The molecule has 1 rings (SSSR count). The number of carbonyl (C=O) groups excluding carboxylic acids is 1. The maximum atomic E-state index is 12.2. The van der Waals surface area contributed by atoms with E-state index in [-0.39, 0.29) is 5.91 Å². The Hall–Kier alpha value is -0.610. The molecule has 1 aliphatic heterocycles. The van der Waals surface area contributed by atoms with E-state index < -0.39 is 0 Å². The Balaban J connectivity index is 2.36. The van der Waals surface area contributed by atoms with Crippen LogP contribution in [0.15, 0.2) is 0 Å². The molecule has 4 nitrogen and oxygen atoms in total. The molecule has 0 aromatic rings. The molecule has 0 aromatic heterocycles. The molecule has 0 aromatic carbocycles. The molecule has 0 radical (unpaired) electrons. The first-order valence-corrected chi connectivity index (χ1v) is 7.58. The molecule has 19 heavy (non-hydrogen) atoms. The number of piperidine rings is 1. The summed E-state index contributed by atoms with van der Waals surface area (Å²) in [5.41, 5.74) is 0. The molecule has 4 heteroatoms. The molecule has 0 bridgehead atoms. The number of rotatable bonds is 7. The Morgan fingerprint density at radius 3 is 2.84 bits per heavy atom. The van der Waals surface area contributed by atoms with Crippen LogP contribution in [0.1, 0.15) is 40.0 Å². The molecule has 1 heterocycles. The lowest BCUT2D eigenvalue weighted by Gasteiger charge is -2.38. The van der Waals surface area contributed by atoms with Crippen LogP contribution in [0.25, 0.3) is 0 Å². The number of amides is 1. The zero-order valence-corrected chi connectivity index (χ0v) is 12.9. The second kappa shape index (κ2) is 8.54. The minimum atomic E-state index is 0.283. The predicted octanol–water partition coefficient (Wildman–Crippen LogP) is 1.90. The van der Waals surface area contributed by atoms with Crippen molar-refractivity contribution in [2.75, 3.05) is 33.4 Å². The largest absolute Gasteiger partial charge is 0.384 e. The molecule has 1 aliphatic rings. The number of ether oxygens (including phenoxy) is 1. The maximum Gasteiger partial charge on any atom is 0.222 e. The van der Waals surface area contributed by atoms with E-state index in [1.54, 1.807) is 7.11 Å². The van der Waals surface area contributed by atoms with Gasteiger partial charge in [0.2, 0.25) is 5.91 Å². The first-order valence-electron chi connectivity index (χ1n) is 7.58. The van der Waals surface area contributed by atoms with Gasteiger partial charge in [-0.15, -0.1) is 0 Å². The number of methoxy groups -OCH3 is 1. The van der Waals surface area contributed by atoms with Crippen LogP contribution >= 0.6 is 0 Å². The summed E-state index contributed by atoms with van der Waals surface area (Å²) in [5.74, 6) is 1.14. The number of likely N-dealkylation sites (tertiary alicyclic amines) is 1. The van der Waals surface area contributed by atoms with Crippen molar-refractivity contribution < 1.29 is 9.53 Å². The van der Waals surface area contributed by atoms with Gasteiger partial charge in [0.15, 0.2) is 0 Å². The van der Waals surface area contributed by atoms with Crippen molar-refractivity contribution in [2.24, 2.45) is 11.8 Å². The standard InChI is InChI=1S/C15H30N2O2/c1-5-7-16-14-6-8-17(10-13(14)3)15(18)9-12(2)11-19-4/h12-14,16H,5-11H2,1-4H3. The molecule has 1 fully saturated rings. The third-order valence-corrected chi connectivity index (χ3v) is 3.89. The zero-order chi connectivity index (χ0) is 14.3. The molecule has 3 unspecified atom stereocenters. The van der Waals surface area contributed by atoms with Crippen molar-refractivity contribution >= 4 is 5.91 Å². The van der Waals surface area contributed by atoms with Crippen LogP contribution < -0.4 is 5.32 Å². The highest BCUT2D eigenvalue weighted by Gasteiger charge is 2.28. The van der Waals surface area contributed by atoms with Gasteiger partial charge in [0.1, 0.15) is 0 Å². The van der Waals surface area contributed by atoms with Crippen molar-refractivity contribution in [3.8, 4) is 0 Å². The summed E-state index contributed by atoms with van der Waals surface area (Å²) in [4.78, 5) is 14.2. The third-order valence-electron chi connectivity index (χ3n) is 3.89. The summed E-state index contributed by atoms with van der Waals surface area (Å²) in [6, 6.07) is 0.570. The molecule has 0 aliphatic carbocycles. The van der Waals surface area contributed by atoms with E-state index in [0.717, 1.165) is 26.1 Å². The minimum Gasteiger partial charge on any atom is -0.384 e. The van der Waals surface area contributed by atoms with Gasteiger partial charge in [0.25, 0.3) is 0 Å². The molecular weight excluding hydrogens is 240 g/mol. The normalized spacial score (nSPS) is 25.4. The highest BCUT2D eigenvalue weighted by molar-refractivity contribution is 5.76. The van der Waals surface area contributed by atoms with Gasteiger partial charge in [-0.05, 0) is 31.2 Å². The maximum absolute atomic E-state index is 12.2. The van der Waals surface area contributed by atoms with Crippen molar-refractivity contribution in [3.63, 3.8) is 0 Å². The van der Waals surface area contributed by atoms with Crippen LogP contribution in [-0.4, -0.2) is 50.2 Å². The van der Waals surface area contributed by atoms with E-state index in [9.17, 15) is 4.79 Å². The van der Waals surface area contributed by atoms with Gasteiger partial charge in [-0.1, -0.05) is 20.8 Å². The second-order valence-corrected chi connectivity index (χ2v) is 5.93. The van der Waals surface area contributed by atoms with E-state index in [0.29, 0.717) is 30.9 Å².